The zero-order chi connectivity index (χ0) is 12.4. The highest BCUT2D eigenvalue weighted by Crippen LogP contribution is 2.42. The van der Waals surface area contributed by atoms with E-state index >= 15 is 0 Å². The third-order valence-electron chi connectivity index (χ3n) is 5.40. The molecule has 1 spiro atoms. The van der Waals surface area contributed by atoms with Crippen molar-refractivity contribution in [2.75, 3.05) is 6.61 Å². The van der Waals surface area contributed by atoms with Gasteiger partial charge in [-0.1, -0.05) is 19.3 Å². The molecule has 0 radical (unpaired) electrons. The van der Waals surface area contributed by atoms with Crippen LogP contribution in [0.25, 0.3) is 0 Å². The van der Waals surface area contributed by atoms with E-state index in [2.05, 4.69) is 0 Å². The molecule has 1 N–H and O–H groups in total. The van der Waals surface area contributed by atoms with Crippen LogP contribution < -0.4 is 0 Å². The van der Waals surface area contributed by atoms with E-state index in [0.717, 1.165) is 18.9 Å². The van der Waals surface area contributed by atoms with E-state index in [0.29, 0.717) is 5.92 Å². The van der Waals surface area contributed by atoms with Crippen LogP contribution in [0.4, 0.5) is 0 Å². The maximum atomic E-state index is 9.99. The minimum atomic E-state index is -0.00449. The standard InChI is InChI=1S/C16H28O2/c17-15(14-5-6-14)7-4-13-8-11-18-16(12-13)9-2-1-3-10-16/h13-15,17H,1-12H2. The van der Waals surface area contributed by atoms with Gasteiger partial charge in [-0.15, -0.1) is 0 Å². The summed E-state index contributed by atoms with van der Waals surface area (Å²) in [4.78, 5) is 0. The fourth-order valence-corrected chi connectivity index (χ4v) is 4.04. The second-order valence-electron chi connectivity index (χ2n) is 6.93. The molecule has 2 nitrogen and oxygen atoms in total. The summed E-state index contributed by atoms with van der Waals surface area (Å²) in [6.45, 7) is 0.962. The van der Waals surface area contributed by atoms with Gasteiger partial charge in [0.25, 0.3) is 0 Å². The summed E-state index contributed by atoms with van der Waals surface area (Å²) in [5, 5.41) is 9.99. The van der Waals surface area contributed by atoms with Crippen LogP contribution in [-0.2, 0) is 4.74 Å². The van der Waals surface area contributed by atoms with Gasteiger partial charge in [-0.3, -0.25) is 0 Å². The number of ether oxygens (including phenoxy) is 1. The van der Waals surface area contributed by atoms with Crippen molar-refractivity contribution in [2.24, 2.45) is 11.8 Å². The predicted molar refractivity (Wildman–Crippen MR) is 72.5 cm³/mol. The summed E-state index contributed by atoms with van der Waals surface area (Å²) in [5.41, 5.74) is 0.242. The number of hydrogen-bond donors (Lipinski definition) is 1. The molecule has 0 aromatic heterocycles. The van der Waals surface area contributed by atoms with Gasteiger partial charge < -0.3 is 9.84 Å². The van der Waals surface area contributed by atoms with Gasteiger partial charge in [0.1, 0.15) is 0 Å². The molecule has 2 saturated carbocycles. The van der Waals surface area contributed by atoms with Crippen molar-refractivity contribution in [1.82, 2.24) is 0 Å². The molecule has 2 heteroatoms. The lowest BCUT2D eigenvalue weighted by atomic mass is 9.75. The Morgan fingerprint density at radius 3 is 2.61 bits per heavy atom. The van der Waals surface area contributed by atoms with E-state index in [4.69, 9.17) is 4.74 Å². The lowest BCUT2D eigenvalue weighted by Gasteiger charge is -2.43. The van der Waals surface area contributed by atoms with Gasteiger partial charge >= 0.3 is 0 Å². The monoisotopic (exact) mass is 252 g/mol. The van der Waals surface area contributed by atoms with E-state index in [-0.39, 0.29) is 11.7 Å². The Morgan fingerprint density at radius 1 is 1.11 bits per heavy atom. The zero-order valence-corrected chi connectivity index (χ0v) is 11.6. The van der Waals surface area contributed by atoms with Gasteiger partial charge in [-0.25, -0.2) is 0 Å². The van der Waals surface area contributed by atoms with E-state index in [1.807, 2.05) is 0 Å². The average Bonchev–Trinajstić information content (AvgIpc) is 3.21. The molecular weight excluding hydrogens is 224 g/mol. The van der Waals surface area contributed by atoms with Crippen LogP contribution >= 0.6 is 0 Å². The largest absolute Gasteiger partial charge is 0.393 e. The highest BCUT2D eigenvalue weighted by atomic mass is 16.5. The summed E-state index contributed by atoms with van der Waals surface area (Å²) in [6.07, 6.45) is 14.0. The van der Waals surface area contributed by atoms with Gasteiger partial charge in [-0.2, -0.15) is 0 Å². The first-order valence-electron chi connectivity index (χ1n) is 8.09. The van der Waals surface area contributed by atoms with Crippen LogP contribution in [0.15, 0.2) is 0 Å². The topological polar surface area (TPSA) is 29.5 Å². The quantitative estimate of drug-likeness (QED) is 0.827. The zero-order valence-electron chi connectivity index (χ0n) is 11.6. The predicted octanol–water partition coefficient (Wildman–Crippen LogP) is 3.67. The number of aliphatic hydroxyl groups excluding tert-OH is 1. The first-order chi connectivity index (χ1) is 8.77. The molecule has 1 saturated heterocycles. The van der Waals surface area contributed by atoms with Crippen LogP contribution in [0.2, 0.25) is 0 Å². The van der Waals surface area contributed by atoms with Crippen LogP contribution in [0.1, 0.15) is 70.6 Å². The Hall–Kier alpha value is -0.0800. The maximum absolute atomic E-state index is 9.99. The third-order valence-corrected chi connectivity index (χ3v) is 5.40. The molecular formula is C16H28O2. The molecule has 0 bridgehead atoms. The Kier molecular flexibility index (Phi) is 3.95. The van der Waals surface area contributed by atoms with Gasteiger partial charge in [0.05, 0.1) is 11.7 Å². The van der Waals surface area contributed by atoms with Gasteiger partial charge in [0, 0.05) is 6.61 Å². The molecule has 0 aromatic carbocycles. The second kappa shape index (κ2) is 5.50. The Balaban J connectivity index is 1.47. The molecule has 2 unspecified atom stereocenters. The molecule has 3 aliphatic rings. The minimum Gasteiger partial charge on any atom is -0.393 e. The molecule has 0 aromatic rings. The number of rotatable bonds is 4. The fraction of sp³-hybridized carbons (Fsp3) is 1.00. The van der Waals surface area contributed by atoms with Crippen molar-refractivity contribution in [3.8, 4) is 0 Å². The lowest BCUT2D eigenvalue weighted by molar-refractivity contribution is -0.119. The average molecular weight is 252 g/mol. The molecule has 1 aliphatic heterocycles. The van der Waals surface area contributed by atoms with Crippen LogP contribution in [0.3, 0.4) is 0 Å². The summed E-state index contributed by atoms with van der Waals surface area (Å²) in [6, 6.07) is 0. The highest BCUT2D eigenvalue weighted by Gasteiger charge is 2.38. The molecule has 2 aliphatic carbocycles. The van der Waals surface area contributed by atoms with Crippen molar-refractivity contribution in [2.45, 2.75) is 82.3 Å². The summed E-state index contributed by atoms with van der Waals surface area (Å²) < 4.78 is 6.14. The third kappa shape index (κ3) is 3.08. The lowest BCUT2D eigenvalue weighted by Crippen LogP contribution is -2.41. The van der Waals surface area contributed by atoms with Crippen molar-refractivity contribution >= 4 is 0 Å². The molecule has 0 amide bonds. The van der Waals surface area contributed by atoms with Crippen LogP contribution in [-0.4, -0.2) is 23.4 Å². The summed E-state index contributed by atoms with van der Waals surface area (Å²) in [5.74, 6) is 1.46. The second-order valence-corrected chi connectivity index (χ2v) is 6.93. The Bertz CT molecular complexity index is 261. The minimum absolute atomic E-state index is 0.00449. The smallest absolute Gasteiger partial charge is 0.0685 e. The number of hydrogen-bond acceptors (Lipinski definition) is 2. The van der Waals surface area contributed by atoms with Crippen molar-refractivity contribution in [3.05, 3.63) is 0 Å². The molecule has 1 heterocycles. The maximum Gasteiger partial charge on any atom is 0.0685 e. The molecule has 3 rings (SSSR count). The van der Waals surface area contributed by atoms with Crippen molar-refractivity contribution in [1.29, 1.82) is 0 Å². The normalized spacial score (nSPS) is 33.5. The van der Waals surface area contributed by atoms with Crippen LogP contribution in [0, 0.1) is 11.8 Å². The van der Waals surface area contributed by atoms with Gasteiger partial charge in [0.15, 0.2) is 0 Å². The SMILES string of the molecule is OC(CCC1CCOC2(CCCCC2)C1)C1CC1. The van der Waals surface area contributed by atoms with Crippen LogP contribution in [0.5, 0.6) is 0 Å². The highest BCUT2D eigenvalue weighted by molar-refractivity contribution is 4.90. The Morgan fingerprint density at radius 2 is 1.89 bits per heavy atom. The molecule has 18 heavy (non-hydrogen) atoms. The Labute approximate surface area is 111 Å². The van der Waals surface area contributed by atoms with Gasteiger partial charge in [-0.05, 0) is 63.2 Å². The number of aliphatic hydroxyl groups is 1. The van der Waals surface area contributed by atoms with Crippen molar-refractivity contribution < 1.29 is 9.84 Å². The first-order valence-corrected chi connectivity index (χ1v) is 8.09. The fourth-order valence-electron chi connectivity index (χ4n) is 4.04. The van der Waals surface area contributed by atoms with E-state index < -0.39 is 0 Å². The van der Waals surface area contributed by atoms with Crippen molar-refractivity contribution in [3.63, 3.8) is 0 Å². The van der Waals surface area contributed by atoms with E-state index in [1.165, 1.54) is 64.2 Å². The van der Waals surface area contributed by atoms with E-state index in [9.17, 15) is 5.11 Å². The summed E-state index contributed by atoms with van der Waals surface area (Å²) in [7, 11) is 0. The molecule has 2 atom stereocenters. The molecule has 104 valence electrons. The first kappa shape index (κ1) is 12.9. The van der Waals surface area contributed by atoms with Gasteiger partial charge in [0.2, 0.25) is 0 Å². The van der Waals surface area contributed by atoms with E-state index in [1.54, 1.807) is 0 Å². The summed E-state index contributed by atoms with van der Waals surface area (Å²) >= 11 is 0. The molecule has 3 fully saturated rings.